The number of nitrogens with one attached hydrogen (secondary N) is 1. The van der Waals surface area contributed by atoms with Gasteiger partial charge in [-0.25, -0.2) is 4.79 Å². The smallest absolute Gasteiger partial charge is 0.326 e. The zero-order valence-corrected chi connectivity index (χ0v) is 8.86. The SMILES string of the molecule is C#CCC(=O)N[C@@H](CCC(=O)OC)C(=O)O. The molecule has 1 atom stereocenters. The van der Waals surface area contributed by atoms with Gasteiger partial charge in [-0.3, -0.25) is 9.59 Å². The molecular weight excluding hydrogens is 214 g/mol. The van der Waals surface area contributed by atoms with E-state index in [2.05, 4.69) is 16.0 Å². The van der Waals surface area contributed by atoms with Crippen LogP contribution in [0.25, 0.3) is 0 Å². The van der Waals surface area contributed by atoms with Gasteiger partial charge in [0.25, 0.3) is 0 Å². The summed E-state index contributed by atoms with van der Waals surface area (Å²) in [6.45, 7) is 0. The third-order valence-corrected chi connectivity index (χ3v) is 1.76. The average molecular weight is 227 g/mol. The molecule has 6 nitrogen and oxygen atoms in total. The topological polar surface area (TPSA) is 92.7 Å². The summed E-state index contributed by atoms with van der Waals surface area (Å²) < 4.78 is 4.36. The third kappa shape index (κ3) is 5.65. The Morgan fingerprint density at radius 3 is 2.56 bits per heavy atom. The first-order valence-corrected chi connectivity index (χ1v) is 4.53. The highest BCUT2D eigenvalue weighted by Gasteiger charge is 2.20. The highest BCUT2D eigenvalue weighted by atomic mass is 16.5. The van der Waals surface area contributed by atoms with E-state index in [0.717, 1.165) is 0 Å². The molecule has 0 bridgehead atoms. The number of rotatable bonds is 6. The highest BCUT2D eigenvalue weighted by molar-refractivity contribution is 5.85. The van der Waals surface area contributed by atoms with Gasteiger partial charge < -0.3 is 15.2 Å². The molecule has 1 amide bonds. The first-order chi connectivity index (χ1) is 7.51. The molecule has 0 saturated heterocycles. The maximum atomic E-state index is 11.0. The van der Waals surface area contributed by atoms with Crippen LogP contribution in [0.15, 0.2) is 0 Å². The number of aliphatic carboxylic acids is 1. The highest BCUT2D eigenvalue weighted by Crippen LogP contribution is 2.00. The van der Waals surface area contributed by atoms with E-state index in [9.17, 15) is 14.4 Å². The Morgan fingerprint density at radius 2 is 2.12 bits per heavy atom. The molecule has 0 aliphatic carbocycles. The summed E-state index contributed by atoms with van der Waals surface area (Å²) in [5, 5.41) is 11.0. The quantitative estimate of drug-likeness (QED) is 0.473. The fraction of sp³-hybridized carbons (Fsp3) is 0.500. The Labute approximate surface area is 93.0 Å². The summed E-state index contributed by atoms with van der Waals surface area (Å²) in [4.78, 5) is 32.6. The Morgan fingerprint density at radius 1 is 1.50 bits per heavy atom. The summed E-state index contributed by atoms with van der Waals surface area (Å²) in [6, 6.07) is -1.13. The number of carboxylic acids is 1. The van der Waals surface area contributed by atoms with Crippen molar-refractivity contribution in [2.45, 2.75) is 25.3 Å². The van der Waals surface area contributed by atoms with Gasteiger partial charge in [-0.05, 0) is 6.42 Å². The summed E-state index contributed by atoms with van der Waals surface area (Å²) in [5.74, 6) is -0.208. The minimum Gasteiger partial charge on any atom is -0.480 e. The maximum Gasteiger partial charge on any atom is 0.326 e. The zero-order chi connectivity index (χ0) is 12.6. The largest absolute Gasteiger partial charge is 0.480 e. The van der Waals surface area contributed by atoms with Crippen LogP contribution in [-0.2, 0) is 19.1 Å². The standard InChI is InChI=1S/C10H13NO5/c1-3-4-8(12)11-7(10(14)15)5-6-9(13)16-2/h1,7H,4-6H2,2H3,(H,11,12)(H,14,15)/t7-/m0/s1. The van der Waals surface area contributed by atoms with Crippen molar-refractivity contribution in [2.75, 3.05) is 7.11 Å². The van der Waals surface area contributed by atoms with E-state index in [1.807, 2.05) is 0 Å². The number of ether oxygens (including phenoxy) is 1. The van der Waals surface area contributed by atoms with E-state index in [0.29, 0.717) is 0 Å². The first-order valence-electron chi connectivity index (χ1n) is 4.53. The number of hydrogen-bond acceptors (Lipinski definition) is 4. The van der Waals surface area contributed by atoms with Gasteiger partial charge in [-0.1, -0.05) is 5.92 Å². The van der Waals surface area contributed by atoms with Gasteiger partial charge >= 0.3 is 11.9 Å². The molecule has 0 aromatic rings. The van der Waals surface area contributed by atoms with Crippen LogP contribution < -0.4 is 5.32 Å². The minimum absolute atomic E-state index is 0.0294. The van der Waals surface area contributed by atoms with Crippen molar-refractivity contribution < 1.29 is 24.2 Å². The molecule has 0 rings (SSSR count). The van der Waals surface area contributed by atoms with Crippen LogP contribution in [0.3, 0.4) is 0 Å². The van der Waals surface area contributed by atoms with Crippen molar-refractivity contribution in [3.63, 3.8) is 0 Å². The van der Waals surface area contributed by atoms with E-state index < -0.39 is 23.9 Å². The van der Waals surface area contributed by atoms with Crippen LogP contribution in [0.4, 0.5) is 0 Å². The summed E-state index contributed by atoms with van der Waals surface area (Å²) in [6.07, 6.45) is 4.59. The monoisotopic (exact) mass is 227 g/mol. The van der Waals surface area contributed by atoms with Gasteiger partial charge in [0, 0.05) is 6.42 Å². The Bertz CT molecular complexity index is 318. The number of esters is 1. The molecule has 0 radical (unpaired) electrons. The van der Waals surface area contributed by atoms with Crippen LogP contribution >= 0.6 is 0 Å². The molecule has 0 unspecified atom stereocenters. The van der Waals surface area contributed by atoms with E-state index in [1.54, 1.807) is 0 Å². The number of carbonyl (C=O) groups excluding carboxylic acids is 2. The second-order valence-corrected chi connectivity index (χ2v) is 2.95. The van der Waals surface area contributed by atoms with E-state index in [4.69, 9.17) is 11.5 Å². The predicted molar refractivity (Wildman–Crippen MR) is 54.3 cm³/mol. The van der Waals surface area contributed by atoms with Gasteiger partial charge in [-0.15, -0.1) is 6.42 Å². The van der Waals surface area contributed by atoms with Crippen LogP contribution in [0.1, 0.15) is 19.3 Å². The molecule has 0 fully saturated rings. The molecule has 16 heavy (non-hydrogen) atoms. The fourth-order valence-electron chi connectivity index (χ4n) is 0.960. The lowest BCUT2D eigenvalue weighted by molar-refractivity contribution is -0.144. The normalized spacial score (nSPS) is 11.0. The lowest BCUT2D eigenvalue weighted by atomic mass is 10.1. The molecule has 0 spiro atoms. The maximum absolute atomic E-state index is 11.0. The van der Waals surface area contributed by atoms with Crippen LogP contribution in [0.2, 0.25) is 0 Å². The Hall–Kier alpha value is -2.03. The van der Waals surface area contributed by atoms with E-state index >= 15 is 0 Å². The molecule has 2 N–H and O–H groups in total. The fourth-order valence-corrected chi connectivity index (χ4v) is 0.960. The van der Waals surface area contributed by atoms with E-state index in [1.165, 1.54) is 7.11 Å². The lowest BCUT2D eigenvalue weighted by Gasteiger charge is -2.12. The first kappa shape index (κ1) is 14.0. The van der Waals surface area contributed by atoms with Crippen LogP contribution in [0, 0.1) is 12.3 Å². The number of amides is 1. The summed E-state index contributed by atoms with van der Waals surface area (Å²) in [5.41, 5.74) is 0. The van der Waals surface area contributed by atoms with Gasteiger partial charge in [0.05, 0.1) is 13.5 Å². The summed E-state index contributed by atoms with van der Waals surface area (Å²) >= 11 is 0. The van der Waals surface area contributed by atoms with Crippen molar-refractivity contribution in [2.24, 2.45) is 0 Å². The van der Waals surface area contributed by atoms with Gasteiger partial charge in [0.1, 0.15) is 6.04 Å². The zero-order valence-electron chi connectivity index (χ0n) is 8.86. The molecule has 6 heteroatoms. The molecule has 0 aliphatic heterocycles. The third-order valence-electron chi connectivity index (χ3n) is 1.76. The second-order valence-electron chi connectivity index (χ2n) is 2.95. The van der Waals surface area contributed by atoms with Gasteiger partial charge in [0.15, 0.2) is 0 Å². The van der Waals surface area contributed by atoms with Crippen molar-refractivity contribution in [3.8, 4) is 12.3 Å². The molecule has 88 valence electrons. The lowest BCUT2D eigenvalue weighted by Crippen LogP contribution is -2.40. The second kappa shape index (κ2) is 7.29. The number of hydrogen-bond donors (Lipinski definition) is 2. The van der Waals surface area contributed by atoms with Crippen molar-refractivity contribution in [1.29, 1.82) is 0 Å². The average Bonchev–Trinajstić information content (AvgIpc) is 2.23. The molecule has 0 saturated carbocycles. The van der Waals surface area contributed by atoms with Crippen LogP contribution in [-0.4, -0.2) is 36.1 Å². The van der Waals surface area contributed by atoms with Crippen molar-refractivity contribution >= 4 is 17.8 Å². The molecule has 0 aromatic heterocycles. The van der Waals surface area contributed by atoms with Gasteiger partial charge in [0.2, 0.25) is 5.91 Å². The molecular formula is C10H13NO5. The van der Waals surface area contributed by atoms with E-state index in [-0.39, 0.29) is 19.3 Å². The molecule has 0 aromatic carbocycles. The number of terminal acetylenes is 1. The number of carbonyl (C=O) groups is 3. The van der Waals surface area contributed by atoms with Crippen molar-refractivity contribution in [3.05, 3.63) is 0 Å². The number of methoxy groups -OCH3 is 1. The predicted octanol–water partition coefficient (Wildman–Crippen LogP) is -0.468. The molecule has 0 heterocycles. The van der Waals surface area contributed by atoms with Gasteiger partial charge in [-0.2, -0.15) is 0 Å². The Kier molecular flexibility index (Phi) is 6.36. The summed E-state index contributed by atoms with van der Waals surface area (Å²) in [7, 11) is 1.20. The van der Waals surface area contributed by atoms with Crippen LogP contribution in [0.5, 0.6) is 0 Å². The van der Waals surface area contributed by atoms with Crippen molar-refractivity contribution in [1.82, 2.24) is 5.32 Å². The number of carboxylic acid groups (broad SMARTS) is 1. The minimum atomic E-state index is -1.21. The Balaban J connectivity index is 4.19. The molecule has 0 aliphatic rings.